The van der Waals surface area contributed by atoms with E-state index >= 15 is 0 Å². The van der Waals surface area contributed by atoms with Crippen LogP contribution < -0.4 is 16.0 Å². The van der Waals surface area contributed by atoms with Gasteiger partial charge in [-0.2, -0.15) is 4.98 Å². The molecule has 4 N–H and O–H groups in total. The summed E-state index contributed by atoms with van der Waals surface area (Å²) in [4.78, 5) is 13.6. The Morgan fingerprint density at radius 1 is 1.00 bits per heavy atom. The lowest BCUT2D eigenvalue weighted by Gasteiger charge is -2.22. The molecule has 0 spiro atoms. The molecular weight excluding hydrogens is 471 g/mol. The Balaban J connectivity index is 0.00000222. The van der Waals surface area contributed by atoms with Gasteiger partial charge in [0.15, 0.2) is 17.3 Å². The van der Waals surface area contributed by atoms with Crippen molar-refractivity contribution in [1.29, 1.82) is 0 Å². The van der Waals surface area contributed by atoms with E-state index in [0.29, 0.717) is 29.2 Å². The molecule has 0 fully saturated rings. The van der Waals surface area contributed by atoms with Gasteiger partial charge in [-0.05, 0) is 46.7 Å². The summed E-state index contributed by atoms with van der Waals surface area (Å²) in [7, 11) is 2.94. The number of hydrogen-bond acceptors (Lipinski definition) is 7. The molecule has 2 heterocycles. The average Bonchev–Trinajstić information content (AvgIpc) is 3.18. The summed E-state index contributed by atoms with van der Waals surface area (Å²) in [5.41, 5.74) is 0.643. The minimum absolute atomic E-state index is 0.0143. The Bertz CT molecular complexity index is 1070. The molecule has 1 aromatic carbocycles. The summed E-state index contributed by atoms with van der Waals surface area (Å²) in [6.45, 7) is 7.03. The first-order valence-electron chi connectivity index (χ1n) is 12.4. The Labute approximate surface area is 210 Å². The maximum Gasteiger partial charge on any atom is 0.224 e. The van der Waals surface area contributed by atoms with Gasteiger partial charge in [-0.1, -0.05) is 26.2 Å². The Hall–Kier alpha value is -2.92. The van der Waals surface area contributed by atoms with Crippen LogP contribution in [0.25, 0.3) is 11.2 Å². The van der Waals surface area contributed by atoms with Crippen molar-refractivity contribution in [2.24, 2.45) is 0 Å². The molecule has 0 aliphatic rings. The monoisotopic (exact) mass is 509 g/mol. The largest absolute Gasteiger partial charge is 0.400 e. The van der Waals surface area contributed by atoms with Crippen molar-refractivity contribution in [2.75, 3.05) is 31.3 Å². The summed E-state index contributed by atoms with van der Waals surface area (Å²) >= 11 is 0. The molecule has 0 radical (unpaired) electrons. The highest BCUT2D eigenvalue weighted by atomic mass is 19.1. The number of fused-ring (bicyclic) bond motifs is 1. The van der Waals surface area contributed by atoms with Crippen molar-refractivity contribution in [3.05, 3.63) is 35.8 Å². The van der Waals surface area contributed by atoms with Gasteiger partial charge in [0.05, 0.1) is 6.20 Å². The number of nitrogens with one attached hydrogen (secondary N) is 3. The Morgan fingerprint density at radius 2 is 1.69 bits per heavy atom. The first-order valence-corrected chi connectivity index (χ1v) is 12.4. The maximum absolute atomic E-state index is 14.4. The molecule has 200 valence electrons. The minimum Gasteiger partial charge on any atom is -0.400 e. The molecule has 1 unspecified atom stereocenters. The molecule has 3 aromatic rings. The second-order valence-electron chi connectivity index (χ2n) is 8.77. The van der Waals surface area contributed by atoms with Gasteiger partial charge in [0.2, 0.25) is 11.9 Å². The topological polar surface area (TPSA) is 99.9 Å². The molecule has 0 aliphatic carbocycles. The van der Waals surface area contributed by atoms with Crippen LogP contribution in [0.15, 0.2) is 18.3 Å². The van der Waals surface area contributed by atoms with E-state index < -0.39 is 23.1 Å². The molecule has 0 aliphatic heterocycles. The van der Waals surface area contributed by atoms with Crippen molar-refractivity contribution >= 4 is 28.7 Å². The first-order chi connectivity index (χ1) is 17.3. The maximum atomic E-state index is 14.4. The molecular formula is C25H38F3N7O. The lowest BCUT2D eigenvalue weighted by molar-refractivity contribution is 0.399. The van der Waals surface area contributed by atoms with Crippen molar-refractivity contribution < 1.29 is 18.3 Å². The number of halogens is 3. The normalized spacial score (nSPS) is 11.9. The van der Waals surface area contributed by atoms with Gasteiger partial charge in [0.25, 0.3) is 0 Å². The number of unbranched alkanes of at least 4 members (excludes halogenated alkanes) is 2. The number of rotatable bonds is 13. The number of imidazole rings is 1. The average molecular weight is 510 g/mol. The highest BCUT2D eigenvalue weighted by Crippen LogP contribution is 2.33. The van der Waals surface area contributed by atoms with E-state index in [2.05, 4.69) is 37.8 Å². The van der Waals surface area contributed by atoms with E-state index in [1.165, 1.54) is 0 Å². The molecule has 0 bridgehead atoms. The molecule has 36 heavy (non-hydrogen) atoms. The van der Waals surface area contributed by atoms with Crippen molar-refractivity contribution in [1.82, 2.24) is 24.8 Å². The first kappa shape index (κ1) is 29.3. The van der Waals surface area contributed by atoms with Gasteiger partial charge in [-0.15, -0.1) is 0 Å². The van der Waals surface area contributed by atoms with Crippen LogP contribution in [0, 0.1) is 17.5 Å². The van der Waals surface area contributed by atoms with Gasteiger partial charge < -0.3 is 21.1 Å². The second kappa shape index (κ2) is 14.6. The molecule has 2 aromatic heterocycles. The standard InChI is InChI=1S/C24H34F3N7.CH4O/c1-5-9-17(10-7-6-8-11-28-4)34-22-20(14-29-23(33-22)30-15(2)3)31-24(34)32-21-18(26)12-16(25)13-19(21)27;1-2/h12-15,17,28H,5-11H2,1-4H3,(H,31,32)(H,29,30,33);2H,1H3. The van der Waals surface area contributed by atoms with Gasteiger partial charge in [0, 0.05) is 31.3 Å². The summed E-state index contributed by atoms with van der Waals surface area (Å²) in [6, 6.07) is 1.44. The minimum atomic E-state index is -1.02. The SMILES string of the molecule is CCCC(CCCCCNC)n1c(Nc2c(F)cc(F)cc2F)nc2cnc(NC(C)C)nc21.CO. The third kappa shape index (κ3) is 7.79. The van der Waals surface area contributed by atoms with Crippen LogP contribution in [0.5, 0.6) is 0 Å². The Morgan fingerprint density at radius 3 is 2.31 bits per heavy atom. The fourth-order valence-corrected chi connectivity index (χ4v) is 4.02. The van der Waals surface area contributed by atoms with Crippen molar-refractivity contribution in [2.45, 2.75) is 71.4 Å². The van der Waals surface area contributed by atoms with Gasteiger partial charge in [0.1, 0.15) is 17.0 Å². The second-order valence-corrected chi connectivity index (χ2v) is 8.77. The van der Waals surface area contributed by atoms with Crippen LogP contribution in [0.1, 0.15) is 65.3 Å². The van der Waals surface area contributed by atoms with Gasteiger partial charge in [-0.3, -0.25) is 4.57 Å². The molecule has 0 saturated carbocycles. The van der Waals surface area contributed by atoms with Crippen molar-refractivity contribution in [3.8, 4) is 0 Å². The molecule has 0 amide bonds. The van der Waals surface area contributed by atoms with E-state index in [4.69, 9.17) is 5.11 Å². The van der Waals surface area contributed by atoms with Crippen molar-refractivity contribution in [3.63, 3.8) is 0 Å². The highest BCUT2D eigenvalue weighted by molar-refractivity contribution is 5.76. The molecule has 3 rings (SSSR count). The summed E-state index contributed by atoms with van der Waals surface area (Å²) in [5.74, 6) is -2.32. The van der Waals surface area contributed by atoms with E-state index in [9.17, 15) is 13.2 Å². The molecule has 8 nitrogen and oxygen atoms in total. The summed E-state index contributed by atoms with van der Waals surface area (Å²) < 4.78 is 44.2. The van der Waals surface area contributed by atoms with Crippen LogP contribution in [0.4, 0.5) is 30.8 Å². The lowest BCUT2D eigenvalue weighted by atomic mass is 10.0. The number of aliphatic hydroxyl groups excluding tert-OH is 1. The predicted molar refractivity (Wildman–Crippen MR) is 138 cm³/mol. The summed E-state index contributed by atoms with van der Waals surface area (Å²) in [5, 5.41) is 16.1. The fourth-order valence-electron chi connectivity index (χ4n) is 4.02. The lowest BCUT2D eigenvalue weighted by Crippen LogP contribution is -2.16. The number of aliphatic hydroxyl groups is 1. The number of nitrogens with zero attached hydrogens (tertiary/aromatic N) is 4. The highest BCUT2D eigenvalue weighted by Gasteiger charge is 2.23. The number of aromatic nitrogens is 4. The number of anilines is 3. The van der Waals surface area contributed by atoms with E-state index in [-0.39, 0.29) is 18.0 Å². The Kier molecular flexibility index (Phi) is 11.9. The molecule has 11 heteroatoms. The smallest absolute Gasteiger partial charge is 0.224 e. The third-order valence-corrected chi connectivity index (χ3v) is 5.55. The van der Waals surface area contributed by atoms with Crippen LogP contribution in [-0.4, -0.2) is 51.4 Å². The van der Waals surface area contributed by atoms with Crippen LogP contribution >= 0.6 is 0 Å². The van der Waals surface area contributed by atoms with Crippen LogP contribution in [0.3, 0.4) is 0 Å². The van der Waals surface area contributed by atoms with Gasteiger partial charge >= 0.3 is 0 Å². The van der Waals surface area contributed by atoms with E-state index in [1.807, 2.05) is 25.5 Å². The van der Waals surface area contributed by atoms with E-state index in [0.717, 1.165) is 52.2 Å². The third-order valence-electron chi connectivity index (χ3n) is 5.55. The predicted octanol–water partition coefficient (Wildman–Crippen LogP) is 5.54. The van der Waals surface area contributed by atoms with E-state index in [1.54, 1.807) is 6.20 Å². The number of benzene rings is 1. The zero-order valence-electron chi connectivity index (χ0n) is 21.7. The van der Waals surface area contributed by atoms with Crippen LogP contribution in [0.2, 0.25) is 0 Å². The zero-order valence-corrected chi connectivity index (χ0v) is 21.7. The summed E-state index contributed by atoms with van der Waals surface area (Å²) in [6.07, 6.45) is 7.35. The molecule has 1 atom stereocenters. The molecule has 0 saturated heterocycles. The zero-order chi connectivity index (χ0) is 26.7. The number of hydrogen-bond donors (Lipinski definition) is 4. The van der Waals surface area contributed by atoms with Crippen LogP contribution in [-0.2, 0) is 0 Å². The van der Waals surface area contributed by atoms with Gasteiger partial charge in [-0.25, -0.2) is 23.1 Å². The fraction of sp³-hybridized carbons (Fsp3) is 0.560. The quantitative estimate of drug-likeness (QED) is 0.225.